The van der Waals surface area contributed by atoms with Crippen molar-refractivity contribution in [2.75, 3.05) is 13.2 Å². The van der Waals surface area contributed by atoms with Gasteiger partial charge in [0, 0.05) is 12.8 Å². The topological polar surface area (TPSA) is 52.6 Å². The van der Waals surface area contributed by atoms with Crippen LogP contribution in [0.1, 0.15) is 85.5 Å². The highest BCUT2D eigenvalue weighted by molar-refractivity contribution is 5.69. The minimum atomic E-state index is -0.0807. The van der Waals surface area contributed by atoms with Crippen LogP contribution in [0.5, 0.6) is 0 Å². The zero-order valence-corrected chi connectivity index (χ0v) is 15.6. The van der Waals surface area contributed by atoms with Crippen LogP contribution < -0.4 is 0 Å². The fraction of sp³-hybridized carbons (Fsp3) is 0.895. The average Bonchev–Trinajstić information content (AvgIpc) is 2.47. The van der Waals surface area contributed by atoms with Gasteiger partial charge >= 0.3 is 11.9 Å². The summed E-state index contributed by atoms with van der Waals surface area (Å²) < 4.78 is 10.3. The highest BCUT2D eigenvalue weighted by atomic mass is 16.5. The van der Waals surface area contributed by atoms with E-state index in [2.05, 4.69) is 13.8 Å². The molecule has 0 saturated carbocycles. The summed E-state index contributed by atoms with van der Waals surface area (Å²) >= 11 is 0. The Hall–Kier alpha value is -1.06. The molecule has 0 spiro atoms. The van der Waals surface area contributed by atoms with Crippen LogP contribution in [0.25, 0.3) is 0 Å². The van der Waals surface area contributed by atoms with Gasteiger partial charge in [0.15, 0.2) is 0 Å². The van der Waals surface area contributed by atoms with E-state index in [-0.39, 0.29) is 11.9 Å². The van der Waals surface area contributed by atoms with Gasteiger partial charge in [-0.15, -0.1) is 0 Å². The van der Waals surface area contributed by atoms with Crippen LogP contribution in [-0.2, 0) is 19.1 Å². The third-order valence-electron chi connectivity index (χ3n) is 3.55. The molecule has 0 radical (unpaired) electrons. The second-order valence-corrected chi connectivity index (χ2v) is 7.10. The van der Waals surface area contributed by atoms with Gasteiger partial charge in [0.1, 0.15) is 0 Å². The van der Waals surface area contributed by atoms with Crippen LogP contribution in [0.4, 0.5) is 0 Å². The van der Waals surface area contributed by atoms with Gasteiger partial charge in [0.05, 0.1) is 13.2 Å². The molecule has 136 valence electrons. The Kier molecular flexibility index (Phi) is 13.9. The third kappa shape index (κ3) is 17.1. The number of hydrogen-bond donors (Lipinski definition) is 0. The molecule has 0 atom stereocenters. The Morgan fingerprint density at radius 3 is 1.65 bits per heavy atom. The molecule has 0 fully saturated rings. The molecule has 0 aliphatic carbocycles. The van der Waals surface area contributed by atoms with Gasteiger partial charge in [-0.05, 0) is 31.1 Å². The summed E-state index contributed by atoms with van der Waals surface area (Å²) in [5.74, 6) is 0.822. The van der Waals surface area contributed by atoms with Gasteiger partial charge < -0.3 is 9.47 Å². The molecule has 4 heteroatoms. The Balaban J connectivity index is 3.30. The highest BCUT2D eigenvalue weighted by Gasteiger charge is 2.05. The van der Waals surface area contributed by atoms with E-state index in [1.165, 1.54) is 0 Å². The Labute approximate surface area is 142 Å². The summed E-state index contributed by atoms with van der Waals surface area (Å²) in [6.07, 6.45) is 8.11. The first-order chi connectivity index (χ1) is 10.9. The zero-order chi connectivity index (χ0) is 17.5. The molecule has 0 aliphatic heterocycles. The normalized spacial score (nSPS) is 11.0. The van der Waals surface area contributed by atoms with Gasteiger partial charge in [0.25, 0.3) is 0 Å². The summed E-state index contributed by atoms with van der Waals surface area (Å²) in [5, 5.41) is 0. The standard InChI is InChI=1S/C19H36O4/c1-16(2)13-14-22-18(20)11-9-7-5-6-8-10-12-19(21)23-15-17(3)4/h16-17H,5-15H2,1-4H3. The van der Waals surface area contributed by atoms with Crippen molar-refractivity contribution in [2.45, 2.75) is 85.5 Å². The lowest BCUT2D eigenvalue weighted by molar-refractivity contribution is -0.145. The van der Waals surface area contributed by atoms with E-state index in [1.54, 1.807) is 0 Å². The summed E-state index contributed by atoms with van der Waals surface area (Å²) in [7, 11) is 0. The van der Waals surface area contributed by atoms with Gasteiger partial charge in [-0.25, -0.2) is 0 Å². The number of hydrogen-bond acceptors (Lipinski definition) is 4. The maximum atomic E-state index is 11.5. The monoisotopic (exact) mass is 328 g/mol. The van der Waals surface area contributed by atoms with Crippen molar-refractivity contribution in [3.05, 3.63) is 0 Å². The Morgan fingerprint density at radius 2 is 1.17 bits per heavy atom. The van der Waals surface area contributed by atoms with Gasteiger partial charge in [-0.3, -0.25) is 9.59 Å². The minimum absolute atomic E-state index is 0.0708. The molecule has 0 heterocycles. The first-order valence-electron chi connectivity index (χ1n) is 9.23. The molecular formula is C19H36O4. The quantitative estimate of drug-likeness (QED) is 0.336. The van der Waals surface area contributed by atoms with E-state index in [1.807, 2.05) is 13.8 Å². The first-order valence-corrected chi connectivity index (χ1v) is 9.23. The molecule has 0 N–H and O–H groups in total. The molecule has 0 aromatic rings. The van der Waals surface area contributed by atoms with E-state index >= 15 is 0 Å². The molecule has 0 aromatic carbocycles. The molecule has 0 bridgehead atoms. The van der Waals surface area contributed by atoms with Crippen LogP contribution in [0.2, 0.25) is 0 Å². The molecule has 23 heavy (non-hydrogen) atoms. The Morgan fingerprint density at radius 1 is 0.696 bits per heavy atom. The lowest BCUT2D eigenvalue weighted by atomic mass is 10.1. The maximum Gasteiger partial charge on any atom is 0.305 e. The lowest BCUT2D eigenvalue weighted by Crippen LogP contribution is -2.09. The average molecular weight is 328 g/mol. The minimum Gasteiger partial charge on any atom is -0.466 e. The fourth-order valence-electron chi connectivity index (χ4n) is 2.06. The number of rotatable bonds is 14. The molecule has 0 aliphatic rings. The van der Waals surface area contributed by atoms with Crippen molar-refractivity contribution in [1.82, 2.24) is 0 Å². The second kappa shape index (κ2) is 14.5. The molecule has 0 aromatic heterocycles. The van der Waals surface area contributed by atoms with Crippen molar-refractivity contribution in [1.29, 1.82) is 0 Å². The summed E-state index contributed by atoms with van der Waals surface area (Å²) in [6.45, 7) is 9.38. The van der Waals surface area contributed by atoms with E-state index in [9.17, 15) is 9.59 Å². The number of esters is 2. The molecule has 0 unspecified atom stereocenters. The van der Waals surface area contributed by atoms with Crippen LogP contribution in [0.15, 0.2) is 0 Å². The van der Waals surface area contributed by atoms with E-state index < -0.39 is 0 Å². The summed E-state index contributed by atoms with van der Waals surface area (Å²) in [6, 6.07) is 0. The zero-order valence-electron chi connectivity index (χ0n) is 15.6. The van der Waals surface area contributed by atoms with Crippen molar-refractivity contribution >= 4 is 11.9 Å². The van der Waals surface area contributed by atoms with Gasteiger partial charge in [-0.1, -0.05) is 53.4 Å². The van der Waals surface area contributed by atoms with Crippen LogP contribution in [0.3, 0.4) is 0 Å². The molecule has 4 nitrogen and oxygen atoms in total. The largest absolute Gasteiger partial charge is 0.466 e. The highest BCUT2D eigenvalue weighted by Crippen LogP contribution is 2.10. The van der Waals surface area contributed by atoms with E-state index in [0.717, 1.165) is 44.9 Å². The van der Waals surface area contributed by atoms with Crippen LogP contribution in [0, 0.1) is 11.8 Å². The molecule has 0 saturated heterocycles. The molecule has 0 amide bonds. The van der Waals surface area contributed by atoms with Gasteiger partial charge in [-0.2, -0.15) is 0 Å². The van der Waals surface area contributed by atoms with Crippen LogP contribution in [-0.4, -0.2) is 25.2 Å². The number of unbranched alkanes of at least 4 members (excludes halogenated alkanes) is 5. The molecule has 0 rings (SSSR count). The van der Waals surface area contributed by atoms with Crippen molar-refractivity contribution < 1.29 is 19.1 Å². The first kappa shape index (κ1) is 21.9. The van der Waals surface area contributed by atoms with E-state index in [0.29, 0.717) is 37.9 Å². The second-order valence-electron chi connectivity index (χ2n) is 7.10. The predicted octanol–water partition coefficient (Wildman–Crippen LogP) is 4.90. The van der Waals surface area contributed by atoms with Crippen molar-refractivity contribution in [3.8, 4) is 0 Å². The Bertz CT molecular complexity index is 310. The van der Waals surface area contributed by atoms with E-state index in [4.69, 9.17) is 9.47 Å². The van der Waals surface area contributed by atoms with Crippen molar-refractivity contribution in [3.63, 3.8) is 0 Å². The summed E-state index contributed by atoms with van der Waals surface area (Å²) in [5.41, 5.74) is 0. The van der Waals surface area contributed by atoms with Crippen LogP contribution >= 0.6 is 0 Å². The number of ether oxygens (including phenoxy) is 2. The third-order valence-corrected chi connectivity index (χ3v) is 3.55. The number of carbonyl (C=O) groups is 2. The van der Waals surface area contributed by atoms with Gasteiger partial charge in [0.2, 0.25) is 0 Å². The predicted molar refractivity (Wildman–Crippen MR) is 93.1 cm³/mol. The maximum absolute atomic E-state index is 11.5. The SMILES string of the molecule is CC(C)CCOC(=O)CCCCCCCCC(=O)OCC(C)C. The lowest BCUT2D eigenvalue weighted by Gasteiger charge is -2.07. The summed E-state index contributed by atoms with van der Waals surface area (Å²) in [4.78, 5) is 22.9. The van der Waals surface area contributed by atoms with Crippen molar-refractivity contribution in [2.24, 2.45) is 11.8 Å². The smallest absolute Gasteiger partial charge is 0.305 e. The number of carbonyl (C=O) groups excluding carboxylic acids is 2. The fourth-order valence-corrected chi connectivity index (χ4v) is 2.06. The molecular weight excluding hydrogens is 292 g/mol.